The lowest BCUT2D eigenvalue weighted by atomic mass is 9.86. The number of benzene rings is 2. The first-order chi connectivity index (χ1) is 12.4. The van der Waals surface area contributed by atoms with Gasteiger partial charge in [0.15, 0.2) is 18.1 Å². The van der Waals surface area contributed by atoms with E-state index in [1.165, 1.54) is 0 Å². The zero-order valence-electron chi connectivity index (χ0n) is 15.5. The minimum atomic E-state index is -0.212. The Bertz CT molecular complexity index is 767. The minimum absolute atomic E-state index is 0.0305. The molecular weight excluding hydrogens is 330 g/mol. The van der Waals surface area contributed by atoms with Crippen LogP contribution in [0.5, 0.6) is 17.2 Å². The van der Waals surface area contributed by atoms with E-state index in [1.807, 2.05) is 48.5 Å². The fourth-order valence-electron chi connectivity index (χ4n) is 2.80. The zero-order valence-corrected chi connectivity index (χ0v) is 15.5. The number of carbonyl (C=O) groups is 1. The monoisotopic (exact) mass is 355 g/mol. The molecule has 5 heteroatoms. The molecule has 0 radical (unpaired) electrons. The lowest BCUT2D eigenvalue weighted by Crippen LogP contribution is -2.42. The summed E-state index contributed by atoms with van der Waals surface area (Å²) >= 11 is 0. The molecule has 0 bridgehead atoms. The van der Waals surface area contributed by atoms with Gasteiger partial charge in [-0.2, -0.15) is 0 Å². The van der Waals surface area contributed by atoms with E-state index < -0.39 is 0 Å². The molecule has 0 spiro atoms. The molecule has 0 aliphatic carbocycles. The molecule has 1 aliphatic rings. The Labute approximate surface area is 154 Å². The summed E-state index contributed by atoms with van der Waals surface area (Å²) in [4.78, 5) is 12.1. The Morgan fingerprint density at radius 2 is 1.81 bits per heavy atom. The topological polar surface area (TPSA) is 56.8 Å². The highest BCUT2D eigenvalue weighted by Crippen LogP contribution is 2.31. The second-order valence-electron chi connectivity index (χ2n) is 7.34. The zero-order chi connectivity index (χ0) is 18.6. The molecule has 0 saturated heterocycles. The molecule has 2 aromatic rings. The number of hydrogen-bond acceptors (Lipinski definition) is 4. The fraction of sp³-hybridized carbons (Fsp3) is 0.381. The summed E-state index contributed by atoms with van der Waals surface area (Å²) in [5.41, 5.74) is 1.03. The van der Waals surface area contributed by atoms with Crippen molar-refractivity contribution >= 4 is 5.91 Å². The van der Waals surface area contributed by atoms with Crippen LogP contribution in [0.25, 0.3) is 0 Å². The van der Waals surface area contributed by atoms with Gasteiger partial charge in [-0.15, -0.1) is 0 Å². The second kappa shape index (κ2) is 7.68. The van der Waals surface area contributed by atoms with Gasteiger partial charge in [-0.05, 0) is 29.2 Å². The van der Waals surface area contributed by atoms with Crippen molar-refractivity contribution in [1.82, 2.24) is 5.32 Å². The summed E-state index contributed by atoms with van der Waals surface area (Å²) < 4.78 is 17.2. The van der Waals surface area contributed by atoms with Crippen molar-refractivity contribution in [2.24, 2.45) is 0 Å². The van der Waals surface area contributed by atoms with Crippen LogP contribution in [-0.2, 0) is 10.2 Å². The fourth-order valence-corrected chi connectivity index (χ4v) is 2.80. The van der Waals surface area contributed by atoms with Crippen molar-refractivity contribution in [1.29, 1.82) is 0 Å². The van der Waals surface area contributed by atoms with Gasteiger partial charge in [0.2, 0.25) is 0 Å². The molecule has 1 N–H and O–H groups in total. The number of nitrogens with one attached hydrogen (secondary N) is 1. The molecule has 26 heavy (non-hydrogen) atoms. The molecule has 1 amide bonds. The molecule has 0 saturated carbocycles. The van der Waals surface area contributed by atoms with Crippen LogP contribution in [0, 0.1) is 0 Å². The Morgan fingerprint density at radius 1 is 1.12 bits per heavy atom. The first-order valence-electron chi connectivity index (χ1n) is 8.81. The third kappa shape index (κ3) is 4.48. The average molecular weight is 355 g/mol. The first kappa shape index (κ1) is 18.1. The number of ether oxygens (including phenoxy) is 3. The maximum absolute atomic E-state index is 12.1. The van der Waals surface area contributed by atoms with E-state index in [1.54, 1.807) is 0 Å². The van der Waals surface area contributed by atoms with E-state index in [2.05, 4.69) is 26.1 Å². The van der Waals surface area contributed by atoms with Gasteiger partial charge in [0.25, 0.3) is 5.91 Å². The molecule has 3 rings (SSSR count). The number of hydrogen-bond donors (Lipinski definition) is 1. The first-order valence-corrected chi connectivity index (χ1v) is 8.81. The molecule has 1 atom stereocenters. The number of carbonyl (C=O) groups excluding carboxylic acids is 1. The largest absolute Gasteiger partial charge is 0.486 e. The second-order valence-corrected chi connectivity index (χ2v) is 7.34. The van der Waals surface area contributed by atoms with Crippen LogP contribution in [0.15, 0.2) is 48.5 Å². The predicted octanol–water partition coefficient (Wildman–Crippen LogP) is 3.32. The quantitative estimate of drug-likeness (QED) is 0.894. The number of fused-ring (bicyclic) bond motifs is 1. The van der Waals surface area contributed by atoms with Crippen molar-refractivity contribution < 1.29 is 19.0 Å². The third-order valence-electron chi connectivity index (χ3n) is 4.15. The molecule has 0 fully saturated rings. The van der Waals surface area contributed by atoms with E-state index in [-0.39, 0.29) is 24.0 Å². The number of amides is 1. The van der Waals surface area contributed by atoms with Crippen LogP contribution < -0.4 is 19.5 Å². The van der Waals surface area contributed by atoms with Crippen LogP contribution in [0.4, 0.5) is 0 Å². The van der Waals surface area contributed by atoms with Gasteiger partial charge in [-0.3, -0.25) is 4.79 Å². The summed E-state index contributed by atoms with van der Waals surface area (Å²) in [5.74, 6) is 1.99. The van der Waals surface area contributed by atoms with Gasteiger partial charge in [-0.25, -0.2) is 0 Å². The summed E-state index contributed by atoms with van der Waals surface area (Å²) in [5, 5.41) is 2.84. The van der Waals surface area contributed by atoms with Gasteiger partial charge in [-0.1, -0.05) is 51.1 Å². The van der Waals surface area contributed by atoms with Crippen molar-refractivity contribution in [3.63, 3.8) is 0 Å². The molecule has 2 aromatic carbocycles. The van der Waals surface area contributed by atoms with Gasteiger partial charge >= 0.3 is 0 Å². The highest BCUT2D eigenvalue weighted by Gasteiger charge is 2.22. The summed E-state index contributed by atoms with van der Waals surface area (Å²) in [6.07, 6.45) is -0.212. The molecular formula is C21H25NO4. The van der Waals surface area contributed by atoms with Crippen LogP contribution in [0.3, 0.4) is 0 Å². The number of para-hydroxylation sites is 3. The highest BCUT2D eigenvalue weighted by atomic mass is 16.6. The Balaban J connectivity index is 1.49. The Morgan fingerprint density at radius 3 is 2.58 bits per heavy atom. The van der Waals surface area contributed by atoms with Crippen molar-refractivity contribution in [2.75, 3.05) is 19.8 Å². The lowest BCUT2D eigenvalue weighted by molar-refractivity contribution is -0.123. The van der Waals surface area contributed by atoms with E-state index in [9.17, 15) is 4.79 Å². The highest BCUT2D eigenvalue weighted by molar-refractivity contribution is 5.77. The summed E-state index contributed by atoms with van der Waals surface area (Å²) in [7, 11) is 0. The van der Waals surface area contributed by atoms with Crippen LogP contribution >= 0.6 is 0 Å². The molecule has 5 nitrogen and oxygen atoms in total. The summed E-state index contributed by atoms with van der Waals surface area (Å²) in [6, 6.07) is 15.3. The van der Waals surface area contributed by atoms with Gasteiger partial charge in [0.05, 0.1) is 6.54 Å². The molecule has 1 heterocycles. The Kier molecular flexibility index (Phi) is 5.35. The SMILES string of the molecule is CC(C)(C)c1ccccc1OCC(=O)NCC1COc2ccccc2O1. The van der Waals surface area contributed by atoms with Crippen LogP contribution in [0.2, 0.25) is 0 Å². The smallest absolute Gasteiger partial charge is 0.258 e. The van der Waals surface area contributed by atoms with Crippen molar-refractivity contribution in [2.45, 2.75) is 32.3 Å². The normalized spacial score (nSPS) is 16.0. The van der Waals surface area contributed by atoms with E-state index >= 15 is 0 Å². The average Bonchev–Trinajstić information content (AvgIpc) is 2.64. The minimum Gasteiger partial charge on any atom is -0.486 e. The molecule has 1 aliphatic heterocycles. The van der Waals surface area contributed by atoms with E-state index in [0.717, 1.165) is 17.1 Å². The number of rotatable bonds is 5. The lowest BCUT2D eigenvalue weighted by Gasteiger charge is -2.26. The molecule has 0 aromatic heterocycles. The summed E-state index contributed by atoms with van der Waals surface area (Å²) in [6.45, 7) is 7.11. The van der Waals surface area contributed by atoms with Crippen LogP contribution in [-0.4, -0.2) is 31.8 Å². The van der Waals surface area contributed by atoms with Gasteiger partial charge in [0.1, 0.15) is 18.5 Å². The van der Waals surface area contributed by atoms with Gasteiger partial charge in [0, 0.05) is 0 Å². The van der Waals surface area contributed by atoms with Crippen molar-refractivity contribution in [3.05, 3.63) is 54.1 Å². The maximum atomic E-state index is 12.1. The third-order valence-corrected chi connectivity index (χ3v) is 4.15. The molecule has 138 valence electrons. The maximum Gasteiger partial charge on any atom is 0.258 e. The van der Waals surface area contributed by atoms with E-state index in [0.29, 0.717) is 18.9 Å². The molecule has 1 unspecified atom stereocenters. The standard InChI is InChI=1S/C21H25NO4/c1-21(2,3)16-8-4-5-9-17(16)25-14-20(23)22-12-15-13-24-18-10-6-7-11-19(18)26-15/h4-11,15H,12-14H2,1-3H3,(H,22,23). The Hall–Kier alpha value is -2.69. The van der Waals surface area contributed by atoms with Gasteiger partial charge < -0.3 is 19.5 Å². The van der Waals surface area contributed by atoms with E-state index in [4.69, 9.17) is 14.2 Å². The van der Waals surface area contributed by atoms with Crippen LogP contribution in [0.1, 0.15) is 26.3 Å². The van der Waals surface area contributed by atoms with Crippen molar-refractivity contribution in [3.8, 4) is 17.2 Å². The predicted molar refractivity (Wildman–Crippen MR) is 100.0 cm³/mol.